The van der Waals surface area contributed by atoms with Crippen molar-refractivity contribution in [2.75, 3.05) is 27.3 Å². The third kappa shape index (κ3) is 4.66. The molecule has 3 heterocycles. The zero-order valence-corrected chi connectivity index (χ0v) is 20.1. The van der Waals surface area contributed by atoms with Gasteiger partial charge in [0, 0.05) is 36.3 Å². The molecule has 176 valence electrons. The molecule has 1 aliphatic rings. The van der Waals surface area contributed by atoms with Crippen LogP contribution in [0.5, 0.6) is 11.5 Å². The molecule has 0 bridgehead atoms. The molecule has 2 N–H and O–H groups in total. The number of carbonyl (C=O) groups excluding carboxylic acids is 1. The van der Waals surface area contributed by atoms with E-state index in [0.29, 0.717) is 17.5 Å². The van der Waals surface area contributed by atoms with Crippen molar-refractivity contribution in [3.63, 3.8) is 0 Å². The summed E-state index contributed by atoms with van der Waals surface area (Å²) in [5.41, 5.74) is 4.53. The van der Waals surface area contributed by atoms with Gasteiger partial charge in [-0.3, -0.25) is 4.79 Å². The van der Waals surface area contributed by atoms with Crippen molar-refractivity contribution < 1.29 is 14.3 Å². The van der Waals surface area contributed by atoms with E-state index in [4.69, 9.17) is 9.47 Å². The number of H-pyrrole nitrogens is 1. The van der Waals surface area contributed by atoms with Gasteiger partial charge in [-0.15, -0.1) is 0 Å². The lowest BCUT2D eigenvalue weighted by atomic mass is 10.0. The number of aromatic nitrogens is 3. The first kappa shape index (κ1) is 23.0. The van der Waals surface area contributed by atoms with Gasteiger partial charge < -0.3 is 24.7 Å². The van der Waals surface area contributed by atoms with E-state index in [2.05, 4.69) is 45.9 Å². The second-order valence-corrected chi connectivity index (χ2v) is 8.74. The van der Waals surface area contributed by atoms with Crippen molar-refractivity contribution >= 4 is 16.9 Å². The first-order valence-corrected chi connectivity index (χ1v) is 11.6. The van der Waals surface area contributed by atoms with Crippen LogP contribution in [0.4, 0.5) is 0 Å². The number of nitrogens with zero attached hydrogens (tertiary/aromatic N) is 3. The molecule has 0 radical (unpaired) electrons. The summed E-state index contributed by atoms with van der Waals surface area (Å²) < 4.78 is 10.8. The molecule has 0 saturated carbocycles. The smallest absolute Gasteiger partial charge is 0.289 e. The highest BCUT2D eigenvalue weighted by Gasteiger charge is 2.24. The van der Waals surface area contributed by atoms with Gasteiger partial charge in [-0.05, 0) is 51.3 Å². The van der Waals surface area contributed by atoms with E-state index in [1.807, 2.05) is 18.2 Å². The van der Waals surface area contributed by atoms with Crippen LogP contribution in [0.1, 0.15) is 49.8 Å². The van der Waals surface area contributed by atoms with Gasteiger partial charge in [0.05, 0.1) is 37.1 Å². The normalized spacial score (nSPS) is 15.2. The van der Waals surface area contributed by atoms with Crippen molar-refractivity contribution in [2.24, 2.45) is 0 Å². The van der Waals surface area contributed by atoms with Crippen LogP contribution < -0.4 is 14.8 Å². The summed E-state index contributed by atoms with van der Waals surface area (Å²) in [5.74, 6) is 1.33. The number of rotatable bonds is 7. The zero-order valence-electron chi connectivity index (χ0n) is 20.1. The highest BCUT2D eigenvalue weighted by atomic mass is 16.5. The number of ether oxygens (including phenoxy) is 2. The molecule has 1 aromatic carbocycles. The lowest BCUT2D eigenvalue weighted by Crippen LogP contribution is -2.46. The molecule has 1 aliphatic heterocycles. The SMILES string of the molecule is CCc1c(-c2ccc(OC)c(OC)c2)[nH]c2cnc(C(=O)NC3CCN(C(C)C)CC3)nc12. The molecule has 1 fully saturated rings. The second kappa shape index (κ2) is 9.79. The van der Waals surface area contributed by atoms with E-state index < -0.39 is 0 Å². The predicted octanol–water partition coefficient (Wildman–Crippen LogP) is 3.81. The summed E-state index contributed by atoms with van der Waals surface area (Å²) in [7, 11) is 3.24. The Morgan fingerprint density at radius 2 is 1.94 bits per heavy atom. The number of fused-ring (bicyclic) bond motifs is 1. The standard InChI is InChI=1S/C25H33N5O3/c1-6-18-22(16-7-8-20(32-4)21(13-16)33-5)28-19-14-26-24(29-23(18)19)25(31)27-17-9-11-30(12-10-17)15(2)3/h7-8,13-15,17,28H,6,9-12H2,1-5H3,(H,27,31). The summed E-state index contributed by atoms with van der Waals surface area (Å²) in [5, 5.41) is 3.13. The summed E-state index contributed by atoms with van der Waals surface area (Å²) in [6.45, 7) is 8.49. The maximum atomic E-state index is 12.9. The molecule has 8 heteroatoms. The van der Waals surface area contributed by atoms with Crippen LogP contribution in [0.3, 0.4) is 0 Å². The van der Waals surface area contributed by atoms with Crippen molar-refractivity contribution in [3.8, 4) is 22.8 Å². The van der Waals surface area contributed by atoms with Gasteiger partial charge in [-0.25, -0.2) is 9.97 Å². The number of benzene rings is 1. The van der Waals surface area contributed by atoms with Gasteiger partial charge in [-0.1, -0.05) is 6.92 Å². The van der Waals surface area contributed by atoms with Crippen LogP contribution in [0.25, 0.3) is 22.3 Å². The number of nitrogens with one attached hydrogen (secondary N) is 2. The molecule has 0 aliphatic carbocycles. The number of aromatic amines is 1. The van der Waals surface area contributed by atoms with Crippen LogP contribution in [-0.4, -0.2) is 65.2 Å². The quantitative estimate of drug-likeness (QED) is 0.568. The third-order valence-corrected chi connectivity index (χ3v) is 6.46. The molecular weight excluding hydrogens is 418 g/mol. The minimum absolute atomic E-state index is 0.158. The fourth-order valence-corrected chi connectivity index (χ4v) is 4.53. The molecule has 8 nitrogen and oxygen atoms in total. The van der Waals surface area contributed by atoms with E-state index in [1.165, 1.54) is 0 Å². The number of piperidine rings is 1. The first-order chi connectivity index (χ1) is 15.9. The van der Waals surface area contributed by atoms with E-state index in [1.54, 1.807) is 20.4 Å². The monoisotopic (exact) mass is 451 g/mol. The Bertz CT molecular complexity index is 1130. The van der Waals surface area contributed by atoms with E-state index >= 15 is 0 Å². The van der Waals surface area contributed by atoms with Gasteiger partial charge in [0.25, 0.3) is 5.91 Å². The second-order valence-electron chi connectivity index (χ2n) is 8.74. The number of aryl methyl sites for hydroxylation is 1. The molecule has 2 aromatic heterocycles. The van der Waals surface area contributed by atoms with Gasteiger partial charge >= 0.3 is 0 Å². The predicted molar refractivity (Wildman–Crippen MR) is 129 cm³/mol. The van der Waals surface area contributed by atoms with Gasteiger partial charge in [0.1, 0.15) is 0 Å². The van der Waals surface area contributed by atoms with Crippen molar-refractivity contribution in [1.82, 2.24) is 25.2 Å². The highest BCUT2D eigenvalue weighted by molar-refractivity contribution is 5.94. The average Bonchev–Trinajstić information content (AvgIpc) is 3.21. The zero-order chi connectivity index (χ0) is 23.5. The van der Waals surface area contributed by atoms with Crippen molar-refractivity contribution in [3.05, 3.63) is 35.8 Å². The minimum atomic E-state index is -0.212. The number of hydrogen-bond acceptors (Lipinski definition) is 6. The summed E-state index contributed by atoms with van der Waals surface area (Å²) in [6, 6.07) is 6.50. The molecule has 3 aromatic rings. The third-order valence-electron chi connectivity index (χ3n) is 6.46. The average molecular weight is 452 g/mol. The van der Waals surface area contributed by atoms with Crippen LogP contribution in [0.2, 0.25) is 0 Å². The molecule has 1 saturated heterocycles. The van der Waals surface area contributed by atoms with Crippen LogP contribution >= 0.6 is 0 Å². The molecule has 0 spiro atoms. The fourth-order valence-electron chi connectivity index (χ4n) is 4.53. The molecule has 0 atom stereocenters. The summed E-state index contributed by atoms with van der Waals surface area (Å²) in [4.78, 5) is 27.8. The molecule has 1 amide bonds. The summed E-state index contributed by atoms with van der Waals surface area (Å²) in [6.07, 6.45) is 4.34. The Hall–Kier alpha value is -3.13. The number of methoxy groups -OCH3 is 2. The summed E-state index contributed by atoms with van der Waals surface area (Å²) >= 11 is 0. The Morgan fingerprint density at radius 1 is 1.21 bits per heavy atom. The van der Waals surface area contributed by atoms with Crippen molar-refractivity contribution in [1.29, 1.82) is 0 Å². The fraction of sp³-hybridized carbons (Fsp3) is 0.480. The Labute approximate surface area is 194 Å². The molecule has 4 rings (SSSR count). The Kier molecular flexibility index (Phi) is 6.83. The van der Waals surface area contributed by atoms with Crippen LogP contribution in [0.15, 0.2) is 24.4 Å². The van der Waals surface area contributed by atoms with E-state index in [0.717, 1.165) is 60.2 Å². The van der Waals surface area contributed by atoms with Gasteiger partial charge in [-0.2, -0.15) is 0 Å². The minimum Gasteiger partial charge on any atom is -0.493 e. The molecular formula is C25H33N5O3. The van der Waals surface area contributed by atoms with E-state index in [-0.39, 0.29) is 17.8 Å². The Morgan fingerprint density at radius 3 is 2.58 bits per heavy atom. The van der Waals surface area contributed by atoms with Gasteiger partial charge in [0.2, 0.25) is 5.82 Å². The number of carbonyl (C=O) groups is 1. The van der Waals surface area contributed by atoms with Crippen LogP contribution in [-0.2, 0) is 6.42 Å². The number of hydrogen-bond donors (Lipinski definition) is 2. The lowest BCUT2D eigenvalue weighted by Gasteiger charge is -2.34. The molecule has 0 unspecified atom stereocenters. The maximum absolute atomic E-state index is 12.9. The van der Waals surface area contributed by atoms with Crippen LogP contribution in [0, 0.1) is 0 Å². The van der Waals surface area contributed by atoms with Crippen molar-refractivity contribution in [2.45, 2.75) is 52.1 Å². The molecule has 33 heavy (non-hydrogen) atoms. The van der Waals surface area contributed by atoms with E-state index in [9.17, 15) is 4.79 Å². The lowest BCUT2D eigenvalue weighted by molar-refractivity contribution is 0.0890. The maximum Gasteiger partial charge on any atom is 0.289 e. The largest absolute Gasteiger partial charge is 0.493 e. The first-order valence-electron chi connectivity index (χ1n) is 11.6. The topological polar surface area (TPSA) is 92.4 Å². The Balaban J connectivity index is 1.59. The van der Waals surface area contributed by atoms with Gasteiger partial charge in [0.15, 0.2) is 11.5 Å². The number of likely N-dealkylation sites (tertiary alicyclic amines) is 1. The number of amides is 1. The highest BCUT2D eigenvalue weighted by Crippen LogP contribution is 2.35.